The topological polar surface area (TPSA) is 27.7 Å². The minimum Gasteiger partial charge on any atom is -0.459 e. The Balaban J connectivity index is 1.88. The molecule has 0 saturated carbocycles. The maximum Gasteiger partial charge on any atom is 0.233 e. The second-order valence-corrected chi connectivity index (χ2v) is 7.40. The fourth-order valence-electron chi connectivity index (χ4n) is 3.53. The standard InChI is InChI=1S/C20H20B2O3/c1-9(2)13-5-11(21)7-15-17(13)23-20-16-8-12(22)6-14(10(3)4)18(16)24-19(15)25-20/h5-10,19-20H,1-4H3. The lowest BCUT2D eigenvalue weighted by molar-refractivity contribution is -0.228. The molecule has 25 heavy (non-hydrogen) atoms. The first-order valence-electron chi connectivity index (χ1n) is 8.70. The first-order valence-corrected chi connectivity index (χ1v) is 8.70. The highest BCUT2D eigenvalue weighted by Crippen LogP contribution is 2.50. The molecule has 124 valence electrons. The van der Waals surface area contributed by atoms with Crippen LogP contribution in [0.5, 0.6) is 11.5 Å². The highest BCUT2D eigenvalue weighted by Gasteiger charge is 2.40. The summed E-state index contributed by atoms with van der Waals surface area (Å²) in [6.45, 7) is 8.47. The molecule has 2 aromatic rings. The lowest BCUT2D eigenvalue weighted by Crippen LogP contribution is -2.33. The molecule has 0 N–H and O–H groups in total. The van der Waals surface area contributed by atoms with E-state index >= 15 is 0 Å². The smallest absolute Gasteiger partial charge is 0.233 e. The van der Waals surface area contributed by atoms with Crippen LogP contribution >= 0.6 is 0 Å². The summed E-state index contributed by atoms with van der Waals surface area (Å²) in [4.78, 5) is 0. The van der Waals surface area contributed by atoms with E-state index in [-0.39, 0.29) is 11.8 Å². The average molecular weight is 330 g/mol. The molecule has 0 fully saturated rings. The third-order valence-electron chi connectivity index (χ3n) is 4.79. The molecule has 0 amide bonds. The van der Waals surface area contributed by atoms with Gasteiger partial charge in [-0.25, -0.2) is 0 Å². The van der Waals surface area contributed by atoms with Crippen LogP contribution in [0.4, 0.5) is 0 Å². The lowest BCUT2D eigenvalue weighted by atomic mass is 9.85. The molecule has 0 aliphatic carbocycles. The fraction of sp³-hybridized carbons (Fsp3) is 0.400. The molecule has 4 rings (SSSR count). The molecule has 5 heteroatoms. The average Bonchev–Trinajstić information content (AvgIpc) is 2.55. The molecule has 2 aromatic carbocycles. The van der Waals surface area contributed by atoms with Crippen molar-refractivity contribution in [1.29, 1.82) is 0 Å². The summed E-state index contributed by atoms with van der Waals surface area (Å²) in [6.07, 6.45) is -1.05. The van der Waals surface area contributed by atoms with Gasteiger partial charge < -0.3 is 9.47 Å². The van der Waals surface area contributed by atoms with Gasteiger partial charge in [0.2, 0.25) is 12.6 Å². The number of hydrogen-bond acceptors (Lipinski definition) is 3. The van der Waals surface area contributed by atoms with Gasteiger partial charge in [0.05, 0.1) is 11.1 Å². The van der Waals surface area contributed by atoms with Gasteiger partial charge in [-0.05, 0) is 23.0 Å². The monoisotopic (exact) mass is 330 g/mol. The molecule has 2 aliphatic heterocycles. The van der Waals surface area contributed by atoms with Gasteiger partial charge in [-0.1, -0.05) is 62.9 Å². The Bertz CT molecular complexity index is 776. The molecule has 3 nitrogen and oxygen atoms in total. The predicted molar refractivity (Wildman–Crippen MR) is 99.7 cm³/mol. The van der Waals surface area contributed by atoms with E-state index in [2.05, 4.69) is 27.7 Å². The van der Waals surface area contributed by atoms with Crippen LogP contribution in [0.3, 0.4) is 0 Å². The van der Waals surface area contributed by atoms with Crippen molar-refractivity contribution in [3.05, 3.63) is 46.5 Å². The summed E-state index contributed by atoms with van der Waals surface area (Å²) < 4.78 is 18.5. The maximum absolute atomic E-state index is 6.25. The highest BCUT2D eigenvalue weighted by molar-refractivity contribution is 6.32. The molecule has 2 atom stereocenters. The van der Waals surface area contributed by atoms with Crippen LogP contribution in [0.25, 0.3) is 0 Å². The summed E-state index contributed by atoms with van der Waals surface area (Å²) in [5, 5.41) is 0. The molecule has 0 spiro atoms. The normalized spacial score (nSPS) is 20.7. The number of ether oxygens (including phenoxy) is 3. The van der Waals surface area contributed by atoms with Gasteiger partial charge in [0, 0.05) is 0 Å². The summed E-state index contributed by atoms with van der Waals surface area (Å²) in [5.41, 5.74) is 5.18. The minimum absolute atomic E-state index is 0.280. The van der Waals surface area contributed by atoms with Gasteiger partial charge in [-0.3, -0.25) is 4.74 Å². The van der Waals surface area contributed by atoms with Crippen molar-refractivity contribution in [2.45, 2.75) is 52.1 Å². The van der Waals surface area contributed by atoms with Gasteiger partial charge in [0.15, 0.2) is 0 Å². The fourth-order valence-corrected chi connectivity index (χ4v) is 3.53. The third-order valence-corrected chi connectivity index (χ3v) is 4.79. The zero-order chi connectivity index (χ0) is 17.9. The maximum atomic E-state index is 6.25. The minimum atomic E-state index is -0.525. The Kier molecular flexibility index (Phi) is 3.88. The zero-order valence-electron chi connectivity index (χ0n) is 15.0. The second kappa shape index (κ2) is 5.84. The van der Waals surface area contributed by atoms with E-state index in [1.54, 1.807) is 0 Å². The van der Waals surface area contributed by atoms with E-state index in [4.69, 9.17) is 29.9 Å². The van der Waals surface area contributed by atoms with Crippen LogP contribution in [0.1, 0.15) is 74.4 Å². The molecule has 2 heterocycles. The van der Waals surface area contributed by atoms with Crippen molar-refractivity contribution >= 4 is 26.6 Å². The molecule has 2 aliphatic rings. The van der Waals surface area contributed by atoms with Crippen molar-refractivity contribution < 1.29 is 14.2 Å². The van der Waals surface area contributed by atoms with Gasteiger partial charge in [-0.2, -0.15) is 0 Å². The summed E-state index contributed by atoms with van der Waals surface area (Å²) >= 11 is 0. The molecular weight excluding hydrogens is 310 g/mol. The first-order chi connectivity index (χ1) is 11.8. The van der Waals surface area contributed by atoms with E-state index in [1.165, 1.54) is 0 Å². The molecule has 0 saturated heterocycles. The van der Waals surface area contributed by atoms with Gasteiger partial charge in [0.1, 0.15) is 27.2 Å². The van der Waals surface area contributed by atoms with Crippen molar-refractivity contribution in [2.24, 2.45) is 0 Å². The van der Waals surface area contributed by atoms with Crippen molar-refractivity contribution in [3.63, 3.8) is 0 Å². The highest BCUT2D eigenvalue weighted by atomic mass is 16.8. The van der Waals surface area contributed by atoms with Crippen LogP contribution in [0, 0.1) is 0 Å². The van der Waals surface area contributed by atoms with Crippen LogP contribution in [0.15, 0.2) is 24.3 Å². The molecule has 2 bridgehead atoms. The van der Waals surface area contributed by atoms with Gasteiger partial charge >= 0.3 is 0 Å². The Hall–Kier alpha value is -1.87. The predicted octanol–water partition coefficient (Wildman–Crippen LogP) is 3.02. The summed E-state index contributed by atoms with van der Waals surface area (Å²) in [5.74, 6) is 2.18. The van der Waals surface area contributed by atoms with Crippen molar-refractivity contribution in [1.82, 2.24) is 0 Å². The summed E-state index contributed by atoms with van der Waals surface area (Å²) in [6, 6.07) is 7.67. The third kappa shape index (κ3) is 2.65. The second-order valence-electron chi connectivity index (χ2n) is 7.40. The Labute approximate surface area is 151 Å². The van der Waals surface area contributed by atoms with Crippen LogP contribution in [0.2, 0.25) is 0 Å². The van der Waals surface area contributed by atoms with Crippen molar-refractivity contribution in [3.8, 4) is 11.5 Å². The molecule has 2 unspecified atom stereocenters. The van der Waals surface area contributed by atoms with Crippen molar-refractivity contribution in [2.75, 3.05) is 0 Å². The van der Waals surface area contributed by atoms with Crippen LogP contribution in [-0.2, 0) is 4.74 Å². The largest absolute Gasteiger partial charge is 0.459 e. The van der Waals surface area contributed by atoms with E-state index in [9.17, 15) is 0 Å². The quantitative estimate of drug-likeness (QED) is 0.793. The SMILES string of the molecule is [B]c1cc(C(C)C)c2c(c1)C1Oc3c(C(C)C)cc([B])cc3C(O2)O1. The van der Waals surface area contributed by atoms with E-state index in [0.717, 1.165) is 33.8 Å². The Morgan fingerprint density at radius 1 is 0.720 bits per heavy atom. The van der Waals surface area contributed by atoms with Crippen LogP contribution in [-0.4, -0.2) is 15.7 Å². The number of fused-ring (bicyclic) bond motifs is 6. The number of hydrogen-bond donors (Lipinski definition) is 0. The molecule has 0 aromatic heterocycles. The van der Waals surface area contributed by atoms with E-state index in [1.807, 2.05) is 24.3 Å². The summed E-state index contributed by atoms with van der Waals surface area (Å²) in [7, 11) is 12.2. The number of rotatable bonds is 2. The zero-order valence-corrected chi connectivity index (χ0v) is 15.0. The molecular formula is C20H20B2O3. The van der Waals surface area contributed by atoms with Gasteiger partial charge in [-0.15, -0.1) is 0 Å². The van der Waals surface area contributed by atoms with E-state index in [0.29, 0.717) is 10.9 Å². The Morgan fingerprint density at radius 3 is 1.48 bits per heavy atom. The van der Waals surface area contributed by atoms with Gasteiger partial charge in [0.25, 0.3) is 0 Å². The lowest BCUT2D eigenvalue weighted by Gasteiger charge is -2.40. The first kappa shape index (κ1) is 16.6. The molecule has 4 radical (unpaired) electrons. The number of benzene rings is 2. The van der Waals surface area contributed by atoms with E-state index < -0.39 is 12.6 Å². The Morgan fingerprint density at radius 2 is 1.12 bits per heavy atom. The van der Waals surface area contributed by atoms with Crippen LogP contribution < -0.4 is 20.4 Å².